The molecule has 0 radical (unpaired) electrons. The normalized spacial score (nSPS) is 13.6. The van der Waals surface area contributed by atoms with Crippen molar-refractivity contribution < 1.29 is 9.15 Å². The van der Waals surface area contributed by atoms with Gasteiger partial charge in [0.05, 0.1) is 13.2 Å². The molecule has 6 heteroatoms. The van der Waals surface area contributed by atoms with Gasteiger partial charge in [0.25, 0.3) is 0 Å². The number of nitrogens with zero attached hydrogens (tertiary/aromatic N) is 2. The molecular formula is C12H24N4O2. The molecule has 0 amide bonds. The van der Waals surface area contributed by atoms with Crippen molar-refractivity contribution in [1.82, 2.24) is 15.5 Å². The Hall–Kier alpha value is -1.14. The lowest BCUT2D eigenvalue weighted by Gasteiger charge is -2.18. The maximum atomic E-state index is 5.47. The minimum absolute atomic E-state index is 0.0367. The van der Waals surface area contributed by atoms with Gasteiger partial charge in [-0.25, -0.2) is 0 Å². The van der Waals surface area contributed by atoms with E-state index in [2.05, 4.69) is 48.5 Å². The summed E-state index contributed by atoms with van der Waals surface area (Å²) in [7, 11) is 1.69. The first kappa shape index (κ1) is 14.9. The summed E-state index contributed by atoms with van der Waals surface area (Å²) < 4.78 is 10.5. The maximum Gasteiger partial charge on any atom is 0.315 e. The van der Waals surface area contributed by atoms with Crippen molar-refractivity contribution in [1.29, 1.82) is 0 Å². The van der Waals surface area contributed by atoms with E-state index in [4.69, 9.17) is 9.15 Å². The molecule has 0 fully saturated rings. The summed E-state index contributed by atoms with van der Waals surface area (Å²) in [5.74, 6) is 0.991. The number of hydrogen-bond acceptors (Lipinski definition) is 6. The SMILES string of the molecule is COCC(C)CNc1nnc(CNC(C)(C)C)o1. The molecule has 18 heavy (non-hydrogen) atoms. The zero-order valence-electron chi connectivity index (χ0n) is 11.9. The van der Waals surface area contributed by atoms with Gasteiger partial charge in [0, 0.05) is 19.2 Å². The number of anilines is 1. The molecular weight excluding hydrogens is 232 g/mol. The van der Waals surface area contributed by atoms with Gasteiger partial charge in [0.15, 0.2) is 0 Å². The van der Waals surface area contributed by atoms with Crippen LogP contribution in [-0.4, -0.2) is 36.0 Å². The first-order valence-corrected chi connectivity index (χ1v) is 6.21. The van der Waals surface area contributed by atoms with Crippen molar-refractivity contribution >= 4 is 6.01 Å². The van der Waals surface area contributed by atoms with Gasteiger partial charge in [-0.05, 0) is 26.7 Å². The molecule has 2 N–H and O–H groups in total. The van der Waals surface area contributed by atoms with E-state index in [0.717, 1.165) is 6.54 Å². The summed E-state index contributed by atoms with van der Waals surface area (Å²) >= 11 is 0. The highest BCUT2D eigenvalue weighted by molar-refractivity contribution is 5.16. The van der Waals surface area contributed by atoms with Crippen LogP contribution in [0, 0.1) is 5.92 Å². The number of rotatable bonds is 7. The minimum Gasteiger partial charge on any atom is -0.407 e. The molecule has 0 aromatic carbocycles. The molecule has 0 aliphatic rings. The van der Waals surface area contributed by atoms with E-state index in [1.807, 2.05) is 0 Å². The number of nitrogens with one attached hydrogen (secondary N) is 2. The van der Waals surface area contributed by atoms with Crippen LogP contribution in [0.5, 0.6) is 0 Å². The van der Waals surface area contributed by atoms with Gasteiger partial charge in [0.1, 0.15) is 0 Å². The number of aromatic nitrogens is 2. The standard InChI is InChI=1S/C12H24N4O2/c1-9(8-17-5)6-13-11-16-15-10(18-11)7-14-12(2,3)4/h9,14H,6-8H2,1-5H3,(H,13,16). The zero-order valence-corrected chi connectivity index (χ0v) is 11.9. The third-order valence-electron chi connectivity index (χ3n) is 2.29. The second-order valence-electron chi connectivity index (χ2n) is 5.55. The largest absolute Gasteiger partial charge is 0.407 e. The first-order chi connectivity index (χ1) is 8.40. The third kappa shape index (κ3) is 5.97. The highest BCUT2D eigenvalue weighted by atomic mass is 16.5. The van der Waals surface area contributed by atoms with E-state index in [-0.39, 0.29) is 5.54 Å². The average Bonchev–Trinajstić information content (AvgIpc) is 2.71. The minimum atomic E-state index is 0.0367. The maximum absolute atomic E-state index is 5.47. The van der Waals surface area contributed by atoms with Crippen molar-refractivity contribution in [3.8, 4) is 0 Å². The van der Waals surface area contributed by atoms with E-state index >= 15 is 0 Å². The molecule has 0 aliphatic heterocycles. The molecule has 0 spiro atoms. The zero-order chi connectivity index (χ0) is 13.6. The van der Waals surface area contributed by atoms with Crippen molar-refractivity contribution in [3.63, 3.8) is 0 Å². The fourth-order valence-electron chi connectivity index (χ4n) is 1.34. The predicted molar refractivity (Wildman–Crippen MR) is 70.4 cm³/mol. The third-order valence-corrected chi connectivity index (χ3v) is 2.29. The molecule has 0 bridgehead atoms. The van der Waals surface area contributed by atoms with Gasteiger partial charge in [-0.15, -0.1) is 5.10 Å². The fourth-order valence-corrected chi connectivity index (χ4v) is 1.34. The van der Waals surface area contributed by atoms with Gasteiger partial charge in [-0.2, -0.15) is 0 Å². The number of methoxy groups -OCH3 is 1. The molecule has 1 aromatic rings. The molecule has 6 nitrogen and oxygen atoms in total. The van der Waals surface area contributed by atoms with Crippen LogP contribution in [0.4, 0.5) is 6.01 Å². The molecule has 1 atom stereocenters. The van der Waals surface area contributed by atoms with Crippen LogP contribution >= 0.6 is 0 Å². The van der Waals surface area contributed by atoms with Gasteiger partial charge >= 0.3 is 6.01 Å². The van der Waals surface area contributed by atoms with Gasteiger partial charge < -0.3 is 19.8 Å². The van der Waals surface area contributed by atoms with Crippen LogP contribution in [0.1, 0.15) is 33.6 Å². The van der Waals surface area contributed by atoms with Crippen LogP contribution in [0.3, 0.4) is 0 Å². The van der Waals surface area contributed by atoms with E-state index in [1.165, 1.54) is 0 Å². The molecule has 104 valence electrons. The van der Waals surface area contributed by atoms with Crippen LogP contribution in [0.15, 0.2) is 4.42 Å². The topological polar surface area (TPSA) is 72.2 Å². The summed E-state index contributed by atoms with van der Waals surface area (Å²) in [4.78, 5) is 0. The van der Waals surface area contributed by atoms with Crippen molar-refractivity contribution in [3.05, 3.63) is 5.89 Å². The van der Waals surface area contributed by atoms with E-state index < -0.39 is 0 Å². The van der Waals surface area contributed by atoms with Crippen LogP contribution < -0.4 is 10.6 Å². The van der Waals surface area contributed by atoms with Gasteiger partial charge in [0.2, 0.25) is 5.89 Å². The molecule has 1 heterocycles. The second kappa shape index (κ2) is 6.70. The number of ether oxygens (including phenoxy) is 1. The summed E-state index contributed by atoms with van der Waals surface area (Å²) in [6.07, 6.45) is 0. The van der Waals surface area contributed by atoms with Crippen LogP contribution in [0.2, 0.25) is 0 Å². The Labute approximate surface area is 108 Å². The molecule has 1 aromatic heterocycles. The Morgan fingerprint density at radius 2 is 2.06 bits per heavy atom. The second-order valence-corrected chi connectivity index (χ2v) is 5.55. The van der Waals surface area contributed by atoms with Gasteiger partial charge in [-0.1, -0.05) is 12.0 Å². The van der Waals surface area contributed by atoms with Crippen LogP contribution in [-0.2, 0) is 11.3 Å². The summed E-state index contributed by atoms with van der Waals surface area (Å²) in [5.41, 5.74) is 0.0367. The Morgan fingerprint density at radius 1 is 1.33 bits per heavy atom. The Kier molecular flexibility index (Phi) is 5.55. The lowest BCUT2D eigenvalue weighted by atomic mass is 10.1. The fraction of sp³-hybridized carbons (Fsp3) is 0.833. The monoisotopic (exact) mass is 256 g/mol. The average molecular weight is 256 g/mol. The molecule has 1 rings (SSSR count). The highest BCUT2D eigenvalue weighted by Crippen LogP contribution is 2.08. The smallest absolute Gasteiger partial charge is 0.315 e. The van der Waals surface area contributed by atoms with Crippen LogP contribution in [0.25, 0.3) is 0 Å². The van der Waals surface area contributed by atoms with E-state index in [1.54, 1.807) is 7.11 Å². The Morgan fingerprint density at radius 3 is 2.67 bits per heavy atom. The molecule has 0 saturated carbocycles. The van der Waals surface area contributed by atoms with E-state index in [0.29, 0.717) is 31.0 Å². The Balaban J connectivity index is 2.34. The van der Waals surface area contributed by atoms with Gasteiger partial charge in [-0.3, -0.25) is 0 Å². The highest BCUT2D eigenvalue weighted by Gasteiger charge is 2.12. The van der Waals surface area contributed by atoms with Crippen molar-refractivity contribution in [2.75, 3.05) is 25.6 Å². The predicted octanol–water partition coefficient (Wildman–Crippen LogP) is 1.65. The van der Waals surface area contributed by atoms with Crippen molar-refractivity contribution in [2.45, 2.75) is 39.8 Å². The van der Waals surface area contributed by atoms with E-state index in [9.17, 15) is 0 Å². The quantitative estimate of drug-likeness (QED) is 0.773. The Bertz CT molecular complexity index is 346. The summed E-state index contributed by atoms with van der Waals surface area (Å²) in [5, 5.41) is 14.3. The van der Waals surface area contributed by atoms with Crippen molar-refractivity contribution in [2.24, 2.45) is 5.92 Å². The molecule has 1 unspecified atom stereocenters. The molecule has 0 saturated heterocycles. The molecule has 0 aliphatic carbocycles. The summed E-state index contributed by atoms with van der Waals surface area (Å²) in [6.45, 7) is 10.4. The summed E-state index contributed by atoms with van der Waals surface area (Å²) in [6, 6.07) is 0.462. The first-order valence-electron chi connectivity index (χ1n) is 6.21. The number of hydrogen-bond donors (Lipinski definition) is 2. The lowest BCUT2D eigenvalue weighted by Crippen LogP contribution is -2.35. The lowest BCUT2D eigenvalue weighted by molar-refractivity contribution is 0.164.